The van der Waals surface area contributed by atoms with Crippen molar-refractivity contribution in [3.63, 3.8) is 0 Å². The van der Waals surface area contributed by atoms with Crippen LogP contribution in [0.4, 0.5) is 0 Å². The van der Waals surface area contributed by atoms with Crippen molar-refractivity contribution in [2.45, 2.75) is 6.42 Å². The largest absolute Gasteiger partial charge is 0.493 e. The molecule has 0 radical (unpaired) electrons. The second kappa shape index (κ2) is 5.73. The minimum atomic E-state index is -0.158. The molecular weight excluding hydrogens is 256 g/mol. The van der Waals surface area contributed by atoms with Crippen LogP contribution in [-0.2, 0) is 0 Å². The molecule has 2 rings (SSSR count). The Balaban J connectivity index is 2.43. The van der Waals surface area contributed by atoms with Gasteiger partial charge in [0.15, 0.2) is 11.5 Å². The minimum absolute atomic E-state index is 0.158. The van der Waals surface area contributed by atoms with Gasteiger partial charge in [-0.05, 0) is 12.5 Å². The molecule has 1 aromatic carbocycles. The molecule has 1 N–H and O–H groups in total. The van der Waals surface area contributed by atoms with E-state index in [-0.39, 0.29) is 5.43 Å². The fraction of sp³-hybridized carbons (Fsp3) is 0.333. The number of rotatable bonds is 5. The molecule has 96 valence electrons. The number of halogens is 1. The number of fused-ring (bicyclic) bond motifs is 1. The summed E-state index contributed by atoms with van der Waals surface area (Å²) in [5, 5.41) is 7.03. The van der Waals surface area contributed by atoms with Crippen LogP contribution in [0.2, 0.25) is 0 Å². The van der Waals surface area contributed by atoms with E-state index in [4.69, 9.17) is 21.1 Å². The van der Waals surface area contributed by atoms with E-state index in [9.17, 15) is 4.79 Å². The first kappa shape index (κ1) is 12.7. The molecular formula is C12H13ClN2O3. The minimum Gasteiger partial charge on any atom is -0.493 e. The monoisotopic (exact) mass is 268 g/mol. The number of nitrogens with one attached hydrogen (secondary N) is 1. The third-order valence-corrected chi connectivity index (χ3v) is 2.74. The molecule has 0 aliphatic rings. The van der Waals surface area contributed by atoms with Gasteiger partial charge in [-0.2, -0.15) is 5.10 Å². The average molecular weight is 269 g/mol. The summed E-state index contributed by atoms with van der Waals surface area (Å²) in [5.41, 5.74) is 0.457. The average Bonchev–Trinajstić information content (AvgIpc) is 2.39. The maximum Gasteiger partial charge on any atom is 0.208 e. The van der Waals surface area contributed by atoms with E-state index < -0.39 is 0 Å². The molecule has 0 atom stereocenters. The van der Waals surface area contributed by atoms with Gasteiger partial charge in [-0.3, -0.25) is 9.89 Å². The molecule has 1 aromatic heterocycles. The number of H-pyrrole nitrogens is 1. The van der Waals surface area contributed by atoms with Crippen molar-refractivity contribution in [2.75, 3.05) is 19.6 Å². The Bertz CT molecular complexity index is 597. The summed E-state index contributed by atoms with van der Waals surface area (Å²) in [5.74, 6) is 1.63. The summed E-state index contributed by atoms with van der Waals surface area (Å²) in [7, 11) is 1.53. The fourth-order valence-corrected chi connectivity index (χ4v) is 1.70. The van der Waals surface area contributed by atoms with Crippen molar-refractivity contribution in [3.8, 4) is 11.5 Å². The molecule has 0 aliphatic heterocycles. The normalized spacial score (nSPS) is 10.6. The Morgan fingerprint density at radius 1 is 1.39 bits per heavy atom. The van der Waals surface area contributed by atoms with Crippen LogP contribution in [0, 0.1) is 0 Å². The van der Waals surface area contributed by atoms with Crippen LogP contribution in [0.25, 0.3) is 10.9 Å². The standard InChI is InChI=1S/C12H13ClN2O3/c1-17-11-5-8-9(15-14-7-10(8)16)6-12(11)18-4-2-3-13/h5-7H,2-4H2,1H3,(H,15,16). The predicted octanol–water partition coefficient (Wildman–Crippen LogP) is 1.94. The van der Waals surface area contributed by atoms with Crippen LogP contribution < -0.4 is 14.9 Å². The number of hydrogen-bond donors (Lipinski definition) is 1. The molecule has 18 heavy (non-hydrogen) atoms. The molecule has 0 bridgehead atoms. The molecule has 0 spiro atoms. The quantitative estimate of drug-likeness (QED) is 0.665. The van der Waals surface area contributed by atoms with Crippen LogP contribution >= 0.6 is 11.6 Å². The van der Waals surface area contributed by atoms with Crippen molar-refractivity contribution in [1.29, 1.82) is 0 Å². The molecule has 0 fully saturated rings. The zero-order valence-electron chi connectivity index (χ0n) is 9.90. The first-order chi connectivity index (χ1) is 8.76. The summed E-state index contributed by atoms with van der Waals surface area (Å²) in [6.45, 7) is 0.496. The number of aromatic amines is 1. The lowest BCUT2D eigenvalue weighted by atomic mass is 10.2. The van der Waals surface area contributed by atoms with Gasteiger partial charge in [-0.25, -0.2) is 0 Å². The van der Waals surface area contributed by atoms with E-state index in [0.717, 1.165) is 6.42 Å². The third-order valence-electron chi connectivity index (χ3n) is 2.47. The van der Waals surface area contributed by atoms with Gasteiger partial charge in [0.25, 0.3) is 0 Å². The van der Waals surface area contributed by atoms with Gasteiger partial charge in [0.1, 0.15) is 0 Å². The number of methoxy groups -OCH3 is 1. The first-order valence-electron chi connectivity index (χ1n) is 5.50. The molecule has 0 saturated carbocycles. The van der Waals surface area contributed by atoms with Crippen LogP contribution in [0.15, 0.2) is 23.1 Å². The topological polar surface area (TPSA) is 64.2 Å². The first-order valence-corrected chi connectivity index (χ1v) is 6.04. The Labute approximate surface area is 109 Å². The van der Waals surface area contributed by atoms with Gasteiger partial charge in [-0.15, -0.1) is 11.6 Å². The fourth-order valence-electron chi connectivity index (χ4n) is 1.60. The number of ether oxygens (including phenoxy) is 2. The van der Waals surface area contributed by atoms with E-state index in [1.54, 1.807) is 12.1 Å². The second-order valence-electron chi connectivity index (χ2n) is 3.67. The highest BCUT2D eigenvalue weighted by molar-refractivity contribution is 6.17. The zero-order valence-corrected chi connectivity index (χ0v) is 10.7. The van der Waals surface area contributed by atoms with Crippen LogP contribution in [-0.4, -0.2) is 29.8 Å². The van der Waals surface area contributed by atoms with Crippen molar-refractivity contribution < 1.29 is 9.47 Å². The summed E-state index contributed by atoms with van der Waals surface area (Å²) in [6, 6.07) is 3.35. The van der Waals surface area contributed by atoms with Crippen LogP contribution in [0.5, 0.6) is 11.5 Å². The lowest BCUT2D eigenvalue weighted by Gasteiger charge is -2.11. The number of nitrogens with zero attached hydrogens (tertiary/aromatic N) is 1. The van der Waals surface area contributed by atoms with Crippen LogP contribution in [0.3, 0.4) is 0 Å². The van der Waals surface area contributed by atoms with Crippen molar-refractivity contribution >= 4 is 22.5 Å². The predicted molar refractivity (Wildman–Crippen MR) is 69.7 cm³/mol. The summed E-state index contributed by atoms with van der Waals surface area (Å²) in [6.07, 6.45) is 1.97. The van der Waals surface area contributed by atoms with Gasteiger partial charge in [-0.1, -0.05) is 0 Å². The summed E-state index contributed by atoms with van der Waals surface area (Å²) < 4.78 is 10.8. The van der Waals surface area contributed by atoms with E-state index in [0.29, 0.717) is 34.9 Å². The number of aromatic nitrogens is 2. The Hall–Kier alpha value is -1.75. The molecule has 1 heterocycles. The van der Waals surface area contributed by atoms with E-state index >= 15 is 0 Å². The Morgan fingerprint density at radius 3 is 2.94 bits per heavy atom. The van der Waals surface area contributed by atoms with E-state index in [1.165, 1.54) is 13.3 Å². The highest BCUT2D eigenvalue weighted by Gasteiger charge is 2.09. The Kier molecular flexibility index (Phi) is 4.04. The van der Waals surface area contributed by atoms with Crippen molar-refractivity contribution in [2.24, 2.45) is 0 Å². The maximum absolute atomic E-state index is 11.6. The van der Waals surface area contributed by atoms with Gasteiger partial charge < -0.3 is 9.47 Å². The van der Waals surface area contributed by atoms with Crippen molar-refractivity contribution in [1.82, 2.24) is 10.2 Å². The Morgan fingerprint density at radius 2 is 2.22 bits per heavy atom. The molecule has 0 saturated heterocycles. The summed E-state index contributed by atoms with van der Waals surface area (Å²) in [4.78, 5) is 11.6. The third kappa shape index (κ3) is 2.56. The zero-order chi connectivity index (χ0) is 13.0. The van der Waals surface area contributed by atoms with E-state index in [2.05, 4.69) is 10.2 Å². The highest BCUT2D eigenvalue weighted by Crippen LogP contribution is 2.30. The van der Waals surface area contributed by atoms with Gasteiger partial charge in [0.05, 0.1) is 30.8 Å². The SMILES string of the molecule is COc1cc2c(=O)cn[nH]c2cc1OCCCCl. The van der Waals surface area contributed by atoms with Gasteiger partial charge >= 0.3 is 0 Å². The molecule has 6 heteroatoms. The smallest absolute Gasteiger partial charge is 0.208 e. The van der Waals surface area contributed by atoms with Crippen LogP contribution in [0.1, 0.15) is 6.42 Å². The second-order valence-corrected chi connectivity index (χ2v) is 4.05. The van der Waals surface area contributed by atoms with Gasteiger partial charge in [0.2, 0.25) is 5.43 Å². The maximum atomic E-state index is 11.6. The number of benzene rings is 1. The lowest BCUT2D eigenvalue weighted by molar-refractivity contribution is 0.295. The van der Waals surface area contributed by atoms with Gasteiger partial charge in [0, 0.05) is 11.9 Å². The van der Waals surface area contributed by atoms with E-state index in [1.807, 2.05) is 0 Å². The summed E-state index contributed by atoms with van der Waals surface area (Å²) >= 11 is 5.59. The highest BCUT2D eigenvalue weighted by atomic mass is 35.5. The molecule has 5 nitrogen and oxygen atoms in total. The molecule has 0 amide bonds. The number of hydrogen-bond acceptors (Lipinski definition) is 4. The lowest BCUT2D eigenvalue weighted by Crippen LogP contribution is -2.05. The molecule has 0 aliphatic carbocycles. The molecule has 2 aromatic rings. The number of alkyl halides is 1. The molecule has 0 unspecified atom stereocenters. The van der Waals surface area contributed by atoms with Crippen molar-refractivity contribution in [3.05, 3.63) is 28.6 Å².